The zero-order valence-electron chi connectivity index (χ0n) is 13.4. The first kappa shape index (κ1) is 15.8. The SMILES string of the molecule is Cc1cccc2nc(CNC(=O)[C@@H](C)NC(=O)c3ccoc3)cn12. The number of carbonyl (C=O) groups excluding carboxylic acids is 2. The molecule has 24 heavy (non-hydrogen) atoms. The van der Waals surface area contributed by atoms with Gasteiger partial charge >= 0.3 is 0 Å². The minimum absolute atomic E-state index is 0.277. The van der Waals surface area contributed by atoms with E-state index in [1.165, 1.54) is 12.5 Å². The van der Waals surface area contributed by atoms with Gasteiger partial charge in [-0.3, -0.25) is 9.59 Å². The van der Waals surface area contributed by atoms with Gasteiger partial charge in [0.2, 0.25) is 5.91 Å². The van der Waals surface area contributed by atoms with E-state index in [2.05, 4.69) is 15.6 Å². The predicted molar refractivity (Wildman–Crippen MR) is 87.4 cm³/mol. The molecule has 0 aliphatic carbocycles. The molecular formula is C17H18N4O3. The second kappa shape index (κ2) is 6.57. The number of hydrogen-bond donors (Lipinski definition) is 2. The summed E-state index contributed by atoms with van der Waals surface area (Å²) in [5.74, 6) is -0.629. The van der Waals surface area contributed by atoms with Crippen molar-refractivity contribution >= 4 is 17.5 Å². The molecular weight excluding hydrogens is 308 g/mol. The lowest BCUT2D eigenvalue weighted by Gasteiger charge is -2.12. The van der Waals surface area contributed by atoms with Crippen molar-refractivity contribution < 1.29 is 14.0 Å². The number of amides is 2. The number of aromatic nitrogens is 2. The van der Waals surface area contributed by atoms with E-state index in [0.29, 0.717) is 12.1 Å². The van der Waals surface area contributed by atoms with E-state index in [0.717, 1.165) is 17.0 Å². The Morgan fingerprint density at radius 2 is 2.17 bits per heavy atom. The summed E-state index contributed by atoms with van der Waals surface area (Å²) in [6.45, 7) is 3.91. The van der Waals surface area contributed by atoms with Gasteiger partial charge in [0.1, 0.15) is 18.0 Å². The highest BCUT2D eigenvalue weighted by molar-refractivity contribution is 5.97. The normalized spacial score (nSPS) is 12.1. The molecule has 0 aliphatic heterocycles. The quantitative estimate of drug-likeness (QED) is 0.746. The van der Waals surface area contributed by atoms with E-state index in [-0.39, 0.29) is 11.8 Å². The van der Waals surface area contributed by atoms with Crippen LogP contribution in [-0.4, -0.2) is 27.2 Å². The summed E-state index contributed by atoms with van der Waals surface area (Å²) in [6, 6.07) is 6.72. The van der Waals surface area contributed by atoms with Crippen LogP contribution in [0.25, 0.3) is 5.65 Å². The van der Waals surface area contributed by atoms with Gasteiger partial charge in [0.25, 0.3) is 5.91 Å². The number of furan rings is 1. The molecule has 3 aromatic heterocycles. The lowest BCUT2D eigenvalue weighted by atomic mass is 10.2. The van der Waals surface area contributed by atoms with Crippen molar-refractivity contribution in [1.29, 1.82) is 0 Å². The summed E-state index contributed by atoms with van der Waals surface area (Å²) < 4.78 is 6.81. The number of rotatable bonds is 5. The van der Waals surface area contributed by atoms with Crippen LogP contribution < -0.4 is 10.6 Å². The number of pyridine rings is 1. The first-order chi connectivity index (χ1) is 11.5. The van der Waals surface area contributed by atoms with Crippen molar-refractivity contribution in [3.8, 4) is 0 Å². The molecule has 0 saturated carbocycles. The smallest absolute Gasteiger partial charge is 0.255 e. The lowest BCUT2D eigenvalue weighted by Crippen LogP contribution is -2.44. The van der Waals surface area contributed by atoms with Gasteiger partial charge in [-0.2, -0.15) is 0 Å². The number of fused-ring (bicyclic) bond motifs is 1. The van der Waals surface area contributed by atoms with Crippen LogP contribution in [0.1, 0.15) is 28.7 Å². The van der Waals surface area contributed by atoms with E-state index >= 15 is 0 Å². The molecule has 0 saturated heterocycles. The van der Waals surface area contributed by atoms with Crippen molar-refractivity contribution in [2.75, 3.05) is 0 Å². The van der Waals surface area contributed by atoms with Crippen molar-refractivity contribution in [3.05, 3.63) is 59.9 Å². The molecule has 3 rings (SSSR count). The summed E-state index contributed by atoms with van der Waals surface area (Å²) in [6.07, 6.45) is 4.63. The molecule has 0 aliphatic rings. The van der Waals surface area contributed by atoms with Gasteiger partial charge in [0, 0.05) is 11.9 Å². The van der Waals surface area contributed by atoms with Gasteiger partial charge < -0.3 is 19.5 Å². The molecule has 0 fully saturated rings. The highest BCUT2D eigenvalue weighted by atomic mass is 16.3. The molecule has 124 valence electrons. The number of aryl methyl sites for hydroxylation is 1. The van der Waals surface area contributed by atoms with Crippen molar-refractivity contribution in [1.82, 2.24) is 20.0 Å². The Bertz CT molecular complexity index is 867. The molecule has 7 heteroatoms. The van der Waals surface area contributed by atoms with Crippen molar-refractivity contribution in [2.45, 2.75) is 26.4 Å². The minimum atomic E-state index is -0.661. The van der Waals surface area contributed by atoms with Crippen LogP contribution >= 0.6 is 0 Å². The van der Waals surface area contributed by atoms with Crippen LogP contribution in [0, 0.1) is 6.92 Å². The molecule has 0 radical (unpaired) electrons. The largest absolute Gasteiger partial charge is 0.472 e. The molecule has 3 heterocycles. The maximum absolute atomic E-state index is 12.1. The predicted octanol–water partition coefficient (Wildman–Crippen LogP) is 1.67. The fraction of sp³-hybridized carbons (Fsp3) is 0.235. The highest BCUT2D eigenvalue weighted by Crippen LogP contribution is 2.08. The lowest BCUT2D eigenvalue weighted by molar-refractivity contribution is -0.122. The summed E-state index contributed by atoms with van der Waals surface area (Å²) in [5.41, 5.74) is 3.04. The topological polar surface area (TPSA) is 88.6 Å². The molecule has 0 unspecified atom stereocenters. The monoisotopic (exact) mass is 326 g/mol. The maximum atomic E-state index is 12.1. The molecule has 3 aromatic rings. The Kier molecular flexibility index (Phi) is 4.33. The molecule has 2 N–H and O–H groups in total. The van der Waals surface area contributed by atoms with Gasteiger partial charge in [0.05, 0.1) is 24.1 Å². The van der Waals surface area contributed by atoms with Crippen LogP contribution in [0.5, 0.6) is 0 Å². The third-order valence-corrected chi connectivity index (χ3v) is 3.71. The van der Waals surface area contributed by atoms with E-state index in [4.69, 9.17) is 4.42 Å². The third-order valence-electron chi connectivity index (χ3n) is 3.71. The second-order valence-corrected chi connectivity index (χ2v) is 5.55. The van der Waals surface area contributed by atoms with Crippen molar-refractivity contribution in [3.63, 3.8) is 0 Å². The molecule has 0 bridgehead atoms. The molecule has 7 nitrogen and oxygen atoms in total. The van der Waals surface area contributed by atoms with Crippen LogP contribution in [0.15, 0.2) is 47.4 Å². The van der Waals surface area contributed by atoms with Gasteiger partial charge in [0.15, 0.2) is 0 Å². The Morgan fingerprint density at radius 1 is 1.33 bits per heavy atom. The first-order valence-corrected chi connectivity index (χ1v) is 7.59. The van der Waals surface area contributed by atoms with E-state index in [1.807, 2.05) is 35.7 Å². The van der Waals surface area contributed by atoms with Gasteiger partial charge in [-0.05, 0) is 32.0 Å². The van der Waals surface area contributed by atoms with Crippen molar-refractivity contribution in [2.24, 2.45) is 0 Å². The van der Waals surface area contributed by atoms with Crippen LogP contribution in [-0.2, 0) is 11.3 Å². The Morgan fingerprint density at radius 3 is 2.88 bits per heavy atom. The number of imidazole rings is 1. The summed E-state index contributed by atoms with van der Waals surface area (Å²) in [7, 11) is 0. The van der Waals surface area contributed by atoms with Gasteiger partial charge in [-0.25, -0.2) is 4.98 Å². The Balaban J connectivity index is 1.58. The number of carbonyl (C=O) groups is 2. The van der Waals surface area contributed by atoms with Crippen LogP contribution in [0.4, 0.5) is 0 Å². The molecule has 0 spiro atoms. The average molecular weight is 326 g/mol. The number of nitrogens with zero attached hydrogens (tertiary/aromatic N) is 2. The second-order valence-electron chi connectivity index (χ2n) is 5.55. The minimum Gasteiger partial charge on any atom is -0.472 e. The molecule has 0 aromatic carbocycles. The Hall–Kier alpha value is -3.09. The van der Waals surface area contributed by atoms with E-state index in [9.17, 15) is 9.59 Å². The number of nitrogens with one attached hydrogen (secondary N) is 2. The molecule has 2 amide bonds. The van der Waals surface area contributed by atoms with Crippen LogP contribution in [0.2, 0.25) is 0 Å². The van der Waals surface area contributed by atoms with Gasteiger partial charge in [-0.15, -0.1) is 0 Å². The zero-order chi connectivity index (χ0) is 17.1. The standard InChI is InChI=1S/C17H18N4O3/c1-11-4-3-5-15-20-14(9-21(11)15)8-18-16(22)12(2)19-17(23)13-6-7-24-10-13/h3-7,9-10,12H,8H2,1-2H3,(H,18,22)(H,19,23)/t12-/m1/s1. The first-order valence-electron chi connectivity index (χ1n) is 7.59. The molecule has 1 atom stereocenters. The van der Waals surface area contributed by atoms with E-state index in [1.54, 1.807) is 13.0 Å². The van der Waals surface area contributed by atoms with E-state index < -0.39 is 6.04 Å². The average Bonchev–Trinajstić information content (AvgIpc) is 3.22. The zero-order valence-corrected chi connectivity index (χ0v) is 13.4. The summed E-state index contributed by atoms with van der Waals surface area (Å²) in [4.78, 5) is 28.5. The highest BCUT2D eigenvalue weighted by Gasteiger charge is 2.17. The maximum Gasteiger partial charge on any atom is 0.255 e. The fourth-order valence-electron chi connectivity index (χ4n) is 2.35. The van der Waals surface area contributed by atoms with Crippen LogP contribution in [0.3, 0.4) is 0 Å². The number of hydrogen-bond acceptors (Lipinski definition) is 4. The Labute approximate surface area is 138 Å². The third kappa shape index (κ3) is 3.29. The fourth-order valence-corrected chi connectivity index (χ4v) is 2.35. The summed E-state index contributed by atoms with van der Waals surface area (Å²) >= 11 is 0. The van der Waals surface area contributed by atoms with Gasteiger partial charge in [-0.1, -0.05) is 6.07 Å². The summed E-state index contributed by atoms with van der Waals surface area (Å²) in [5, 5.41) is 5.39.